The molecule has 0 spiro atoms. The molecule has 1 aromatic carbocycles. The number of amides is 1. The molecule has 3 rings (SSSR count). The quantitative estimate of drug-likeness (QED) is 0.646. The van der Waals surface area contributed by atoms with Crippen molar-refractivity contribution in [3.63, 3.8) is 0 Å². The first kappa shape index (κ1) is 20.6. The molecule has 27 heavy (non-hydrogen) atoms. The highest BCUT2D eigenvalue weighted by Gasteiger charge is 2.31. The van der Waals surface area contributed by atoms with Crippen molar-refractivity contribution in [2.45, 2.75) is 49.8 Å². The molecule has 7 heteroatoms. The smallest absolute Gasteiger partial charge is 0.243 e. The van der Waals surface area contributed by atoms with Crippen molar-refractivity contribution < 1.29 is 13.2 Å². The second-order valence-electron chi connectivity index (χ2n) is 7.58. The maximum absolute atomic E-state index is 12.9. The average molecular weight is 413 g/mol. The van der Waals surface area contributed by atoms with Crippen LogP contribution in [-0.4, -0.2) is 55.6 Å². The Balaban J connectivity index is 1.55. The molecule has 1 aliphatic carbocycles. The molecule has 0 N–H and O–H groups in total. The third-order valence-corrected chi connectivity index (χ3v) is 7.87. The van der Waals surface area contributed by atoms with E-state index in [1.165, 1.54) is 17.1 Å². The van der Waals surface area contributed by atoms with Crippen LogP contribution in [0.2, 0.25) is 0 Å². The number of sulfonamides is 1. The fourth-order valence-electron chi connectivity index (χ4n) is 4.02. The van der Waals surface area contributed by atoms with E-state index in [9.17, 15) is 13.2 Å². The summed E-state index contributed by atoms with van der Waals surface area (Å²) < 4.78 is 27.2. The van der Waals surface area contributed by atoms with Crippen molar-refractivity contribution in [3.05, 3.63) is 29.8 Å². The lowest BCUT2D eigenvalue weighted by atomic mass is 10.0. The molecule has 1 heterocycles. The lowest BCUT2D eigenvalue weighted by Gasteiger charge is -2.34. The number of aryl methyl sites for hydroxylation is 1. The zero-order chi connectivity index (χ0) is 19.3. The molecule has 5 nitrogen and oxygen atoms in total. The van der Waals surface area contributed by atoms with Gasteiger partial charge >= 0.3 is 0 Å². The molecule has 1 amide bonds. The molecule has 1 saturated heterocycles. The second kappa shape index (κ2) is 9.39. The number of rotatable bonds is 7. The monoisotopic (exact) mass is 412 g/mol. The first-order chi connectivity index (χ1) is 13.0. The lowest BCUT2D eigenvalue weighted by Crippen LogP contribution is -2.50. The van der Waals surface area contributed by atoms with Crippen molar-refractivity contribution in [2.24, 2.45) is 5.92 Å². The number of benzene rings is 1. The summed E-state index contributed by atoms with van der Waals surface area (Å²) in [5, 5.41) is 0. The molecule has 2 aliphatic rings. The maximum atomic E-state index is 12.9. The van der Waals surface area contributed by atoms with E-state index in [-0.39, 0.29) is 5.91 Å². The summed E-state index contributed by atoms with van der Waals surface area (Å²) in [4.78, 5) is 14.6. The van der Waals surface area contributed by atoms with Gasteiger partial charge in [-0.25, -0.2) is 8.42 Å². The SMILES string of the molecule is O=C(CC1CCCC1)N1CCN(S(=O)(=O)c2ccc(CCCCl)cc2)CC1. The van der Waals surface area contributed by atoms with E-state index in [1.807, 2.05) is 17.0 Å². The summed E-state index contributed by atoms with van der Waals surface area (Å²) in [6.07, 6.45) is 7.12. The summed E-state index contributed by atoms with van der Waals surface area (Å²) >= 11 is 5.71. The minimum atomic E-state index is -3.50. The van der Waals surface area contributed by atoms with Gasteiger partial charge in [0.1, 0.15) is 0 Å². The average Bonchev–Trinajstić information content (AvgIpc) is 3.20. The highest BCUT2D eigenvalue weighted by Crippen LogP contribution is 2.28. The van der Waals surface area contributed by atoms with Crippen LogP contribution < -0.4 is 0 Å². The minimum absolute atomic E-state index is 0.183. The number of piperazine rings is 1. The summed E-state index contributed by atoms with van der Waals surface area (Å²) in [6.45, 7) is 1.71. The predicted molar refractivity (Wildman–Crippen MR) is 107 cm³/mol. The number of hydrogen-bond donors (Lipinski definition) is 0. The van der Waals surface area contributed by atoms with Gasteiger partial charge in [0.25, 0.3) is 0 Å². The molecule has 150 valence electrons. The van der Waals surface area contributed by atoms with Gasteiger partial charge in [-0.05, 0) is 49.3 Å². The van der Waals surface area contributed by atoms with E-state index in [0.29, 0.717) is 49.3 Å². The van der Waals surface area contributed by atoms with Gasteiger partial charge in [0.05, 0.1) is 4.90 Å². The van der Waals surface area contributed by atoms with Gasteiger partial charge in [-0.2, -0.15) is 4.31 Å². The van der Waals surface area contributed by atoms with Gasteiger partial charge in [0.2, 0.25) is 15.9 Å². The Morgan fingerprint density at radius 1 is 1.04 bits per heavy atom. The zero-order valence-electron chi connectivity index (χ0n) is 15.8. The first-order valence-corrected chi connectivity index (χ1v) is 11.9. The van der Waals surface area contributed by atoms with E-state index in [2.05, 4.69) is 0 Å². The molecule has 0 radical (unpaired) electrons. The van der Waals surface area contributed by atoms with Crippen molar-refractivity contribution in [3.8, 4) is 0 Å². The van der Waals surface area contributed by atoms with Crippen molar-refractivity contribution in [2.75, 3.05) is 32.1 Å². The number of carbonyl (C=O) groups is 1. The maximum Gasteiger partial charge on any atom is 0.243 e. The van der Waals surface area contributed by atoms with E-state index in [0.717, 1.165) is 31.2 Å². The molecular weight excluding hydrogens is 384 g/mol. The molecule has 1 aliphatic heterocycles. The normalized spacial score (nSPS) is 19.5. The third-order valence-electron chi connectivity index (χ3n) is 5.69. The fraction of sp³-hybridized carbons (Fsp3) is 0.650. The van der Waals surface area contributed by atoms with E-state index < -0.39 is 10.0 Å². The van der Waals surface area contributed by atoms with E-state index >= 15 is 0 Å². The van der Waals surface area contributed by atoms with Crippen molar-refractivity contribution in [1.82, 2.24) is 9.21 Å². The molecule has 0 bridgehead atoms. The van der Waals surface area contributed by atoms with Gasteiger partial charge in [-0.3, -0.25) is 4.79 Å². The second-order valence-corrected chi connectivity index (χ2v) is 9.89. The highest BCUT2D eigenvalue weighted by molar-refractivity contribution is 7.89. The molecule has 0 unspecified atom stereocenters. The number of carbonyl (C=O) groups excluding carboxylic acids is 1. The number of alkyl halides is 1. The Hall–Kier alpha value is -1.11. The van der Waals surface area contributed by atoms with Crippen LogP contribution >= 0.6 is 11.6 Å². The Kier molecular flexibility index (Phi) is 7.17. The Morgan fingerprint density at radius 2 is 1.67 bits per heavy atom. The summed E-state index contributed by atoms with van der Waals surface area (Å²) in [5.74, 6) is 1.31. The predicted octanol–water partition coefficient (Wildman–Crippen LogP) is 3.27. The highest BCUT2D eigenvalue weighted by atomic mass is 35.5. The minimum Gasteiger partial charge on any atom is -0.340 e. The van der Waals surface area contributed by atoms with Crippen molar-refractivity contribution >= 4 is 27.5 Å². The summed E-state index contributed by atoms with van der Waals surface area (Å²) in [7, 11) is -3.50. The van der Waals surface area contributed by atoms with E-state index in [4.69, 9.17) is 11.6 Å². The van der Waals surface area contributed by atoms with Crippen LogP contribution in [0.4, 0.5) is 0 Å². The van der Waals surface area contributed by atoms with Gasteiger partial charge in [0, 0.05) is 38.5 Å². The van der Waals surface area contributed by atoms with Gasteiger partial charge in [-0.1, -0.05) is 25.0 Å². The lowest BCUT2D eigenvalue weighted by molar-refractivity contribution is -0.133. The number of halogens is 1. The zero-order valence-corrected chi connectivity index (χ0v) is 17.3. The van der Waals surface area contributed by atoms with Gasteiger partial charge in [-0.15, -0.1) is 11.6 Å². The molecule has 1 saturated carbocycles. The summed E-state index contributed by atoms with van der Waals surface area (Å²) in [6, 6.07) is 7.08. The van der Waals surface area contributed by atoms with Crippen molar-refractivity contribution in [1.29, 1.82) is 0 Å². The Labute approximate surface area is 167 Å². The Bertz CT molecular complexity index is 722. The number of hydrogen-bond acceptors (Lipinski definition) is 3. The molecule has 2 fully saturated rings. The number of nitrogens with zero attached hydrogens (tertiary/aromatic N) is 2. The van der Waals surface area contributed by atoms with Crippen LogP contribution in [-0.2, 0) is 21.2 Å². The van der Waals surface area contributed by atoms with Crippen LogP contribution in [0.3, 0.4) is 0 Å². The molecular formula is C20H29ClN2O3S. The topological polar surface area (TPSA) is 57.7 Å². The van der Waals surface area contributed by atoms with Gasteiger partial charge < -0.3 is 4.90 Å². The van der Waals surface area contributed by atoms with Crippen LogP contribution in [0.5, 0.6) is 0 Å². The molecule has 0 atom stereocenters. The fourth-order valence-corrected chi connectivity index (χ4v) is 5.57. The third kappa shape index (κ3) is 5.24. The van der Waals surface area contributed by atoms with Gasteiger partial charge in [0.15, 0.2) is 0 Å². The van der Waals surface area contributed by atoms with Crippen LogP contribution in [0.15, 0.2) is 29.2 Å². The Morgan fingerprint density at radius 3 is 2.26 bits per heavy atom. The molecule has 0 aromatic heterocycles. The first-order valence-electron chi connectivity index (χ1n) is 9.93. The van der Waals surface area contributed by atoms with E-state index in [1.54, 1.807) is 12.1 Å². The standard InChI is InChI=1S/C20H29ClN2O3S/c21-11-3-6-17-7-9-19(10-8-17)27(25,26)23-14-12-22(13-15-23)20(24)16-18-4-1-2-5-18/h7-10,18H,1-6,11-16H2. The summed E-state index contributed by atoms with van der Waals surface area (Å²) in [5.41, 5.74) is 1.09. The molecule has 1 aromatic rings. The van der Waals surface area contributed by atoms with Crippen LogP contribution in [0.1, 0.15) is 44.1 Å². The van der Waals surface area contributed by atoms with Crippen LogP contribution in [0.25, 0.3) is 0 Å². The largest absolute Gasteiger partial charge is 0.340 e. The van der Waals surface area contributed by atoms with Crippen LogP contribution in [0, 0.1) is 5.92 Å².